The van der Waals surface area contributed by atoms with Gasteiger partial charge in [0.25, 0.3) is 10.0 Å². The number of sulfone groups is 1. The molecule has 0 saturated carbocycles. The Labute approximate surface area is 150 Å². The third-order valence-corrected chi connectivity index (χ3v) is 6.37. The van der Waals surface area contributed by atoms with Gasteiger partial charge in [0.1, 0.15) is 0 Å². The molecule has 0 heterocycles. The summed E-state index contributed by atoms with van der Waals surface area (Å²) in [4.78, 5) is 11.0. The fourth-order valence-corrected chi connectivity index (χ4v) is 4.45. The zero-order chi connectivity index (χ0) is 19.5. The third-order valence-electron chi connectivity index (χ3n) is 3.45. The summed E-state index contributed by atoms with van der Waals surface area (Å²) in [6.07, 6.45) is -0.860. The number of carbonyl (C=O) groups is 1. The Kier molecular flexibility index (Phi) is 5.34. The number of sulfonamides is 1. The van der Waals surface area contributed by atoms with E-state index in [-0.39, 0.29) is 25.2 Å². The molecule has 1 amide bonds. The van der Waals surface area contributed by atoms with Gasteiger partial charge in [-0.05, 0) is 29.8 Å². The van der Waals surface area contributed by atoms with Crippen LogP contribution < -0.4 is 0 Å². The lowest BCUT2D eigenvalue weighted by atomic mass is 10.1. The molecule has 0 atom stereocenters. The van der Waals surface area contributed by atoms with Crippen molar-refractivity contribution in [3.05, 3.63) is 59.7 Å². The van der Waals surface area contributed by atoms with Gasteiger partial charge in [-0.25, -0.2) is 21.6 Å². The maximum atomic E-state index is 12.6. The second kappa shape index (κ2) is 7.15. The van der Waals surface area contributed by atoms with Crippen LogP contribution in [0.4, 0.5) is 4.79 Å². The standard InChI is InChI=1S/C16H14N2O6S2/c1-25(21,22)15-9-12(10-17)7-8-13(15)11-18(16(19)20)26(23,24)14-5-3-2-4-6-14/h2-9H,11H2,1H3,(H,19,20). The highest BCUT2D eigenvalue weighted by atomic mass is 32.2. The van der Waals surface area contributed by atoms with Crippen molar-refractivity contribution in [3.8, 4) is 6.07 Å². The summed E-state index contributed by atoms with van der Waals surface area (Å²) in [5.74, 6) is 0. The molecule has 0 radical (unpaired) electrons. The number of benzene rings is 2. The van der Waals surface area contributed by atoms with Gasteiger partial charge in [0.15, 0.2) is 9.84 Å². The summed E-state index contributed by atoms with van der Waals surface area (Å²) in [7, 11) is -8.22. The minimum absolute atomic E-state index is 0.0478. The minimum atomic E-state index is -4.40. The topological polar surface area (TPSA) is 133 Å². The van der Waals surface area contributed by atoms with Crippen LogP contribution in [0, 0.1) is 11.3 Å². The van der Waals surface area contributed by atoms with Gasteiger partial charge in [-0.3, -0.25) is 0 Å². The van der Waals surface area contributed by atoms with Gasteiger partial charge in [-0.1, -0.05) is 24.3 Å². The van der Waals surface area contributed by atoms with Crippen LogP contribution in [0.5, 0.6) is 0 Å². The van der Waals surface area contributed by atoms with Gasteiger partial charge < -0.3 is 5.11 Å². The summed E-state index contributed by atoms with van der Waals surface area (Å²) in [5.41, 5.74) is 0.00960. The first kappa shape index (κ1) is 19.4. The fraction of sp³-hybridized carbons (Fsp3) is 0.125. The molecule has 8 nitrogen and oxygen atoms in total. The molecule has 136 valence electrons. The minimum Gasteiger partial charge on any atom is -0.464 e. The molecule has 0 aliphatic rings. The van der Waals surface area contributed by atoms with Gasteiger partial charge >= 0.3 is 6.09 Å². The molecule has 0 fully saturated rings. The van der Waals surface area contributed by atoms with E-state index >= 15 is 0 Å². The number of carboxylic acid groups (broad SMARTS) is 1. The lowest BCUT2D eigenvalue weighted by Gasteiger charge is -2.20. The van der Waals surface area contributed by atoms with Crippen molar-refractivity contribution in [3.63, 3.8) is 0 Å². The molecule has 0 spiro atoms. The molecule has 26 heavy (non-hydrogen) atoms. The Balaban J connectivity index is 2.57. The van der Waals surface area contributed by atoms with E-state index in [9.17, 15) is 26.7 Å². The molecule has 1 N–H and O–H groups in total. The van der Waals surface area contributed by atoms with Gasteiger partial charge in [-0.15, -0.1) is 0 Å². The monoisotopic (exact) mass is 394 g/mol. The Hall–Kier alpha value is -2.90. The number of rotatable bonds is 5. The number of nitrogens with zero attached hydrogens (tertiary/aromatic N) is 2. The summed E-state index contributed by atoms with van der Waals surface area (Å²) < 4.78 is 49.3. The third kappa shape index (κ3) is 4.01. The van der Waals surface area contributed by atoms with Crippen LogP contribution in [0.25, 0.3) is 0 Å². The van der Waals surface area contributed by atoms with E-state index in [1.807, 2.05) is 0 Å². The van der Waals surface area contributed by atoms with Crippen molar-refractivity contribution in [2.45, 2.75) is 16.3 Å². The Bertz CT molecular complexity index is 1090. The summed E-state index contributed by atoms with van der Waals surface area (Å²) in [6.45, 7) is -0.708. The van der Waals surface area contributed by atoms with E-state index in [2.05, 4.69) is 0 Å². The van der Waals surface area contributed by atoms with E-state index in [4.69, 9.17) is 5.26 Å². The second-order valence-electron chi connectivity index (χ2n) is 5.31. The average Bonchev–Trinajstić information content (AvgIpc) is 2.59. The van der Waals surface area contributed by atoms with Gasteiger partial charge in [0, 0.05) is 6.26 Å². The zero-order valence-electron chi connectivity index (χ0n) is 13.5. The van der Waals surface area contributed by atoms with Crippen molar-refractivity contribution in [1.82, 2.24) is 4.31 Å². The second-order valence-corrected chi connectivity index (χ2v) is 9.16. The summed E-state index contributed by atoms with van der Waals surface area (Å²) in [6, 6.07) is 12.3. The molecule has 10 heteroatoms. The first-order valence-electron chi connectivity index (χ1n) is 7.11. The molecule has 0 aliphatic heterocycles. The van der Waals surface area contributed by atoms with Crippen LogP contribution in [0.2, 0.25) is 0 Å². The molecule has 0 aliphatic carbocycles. The highest BCUT2D eigenvalue weighted by Crippen LogP contribution is 2.23. The maximum Gasteiger partial charge on any atom is 0.421 e. The van der Waals surface area contributed by atoms with Crippen molar-refractivity contribution in [2.75, 3.05) is 6.26 Å². The molecule has 2 aromatic rings. The molecule has 0 bridgehead atoms. The number of hydrogen-bond donors (Lipinski definition) is 1. The summed E-state index contributed by atoms with van der Waals surface area (Å²) >= 11 is 0. The molecule has 0 unspecified atom stereocenters. The van der Waals surface area contributed by atoms with E-state index in [0.29, 0.717) is 0 Å². The van der Waals surface area contributed by atoms with E-state index in [0.717, 1.165) is 12.3 Å². The normalized spacial score (nSPS) is 11.5. The van der Waals surface area contributed by atoms with Gasteiger partial charge in [0.05, 0.1) is 28.0 Å². The first-order valence-corrected chi connectivity index (χ1v) is 10.4. The molecule has 2 aromatic carbocycles. The zero-order valence-corrected chi connectivity index (χ0v) is 15.2. The van der Waals surface area contributed by atoms with Crippen molar-refractivity contribution in [1.29, 1.82) is 5.26 Å². The number of hydrogen-bond acceptors (Lipinski definition) is 6. The Morgan fingerprint density at radius 3 is 2.23 bits per heavy atom. The molecule has 0 saturated heterocycles. The summed E-state index contributed by atoms with van der Waals surface area (Å²) in [5, 5.41) is 18.3. The van der Waals surface area contributed by atoms with Gasteiger partial charge in [-0.2, -0.15) is 9.57 Å². The lowest BCUT2D eigenvalue weighted by Crippen LogP contribution is -2.35. The highest BCUT2D eigenvalue weighted by molar-refractivity contribution is 7.90. The van der Waals surface area contributed by atoms with Crippen molar-refractivity contribution >= 4 is 26.0 Å². The largest absolute Gasteiger partial charge is 0.464 e. The highest BCUT2D eigenvalue weighted by Gasteiger charge is 2.30. The van der Waals surface area contributed by atoms with Crippen LogP contribution >= 0.6 is 0 Å². The SMILES string of the molecule is CS(=O)(=O)c1cc(C#N)ccc1CN(C(=O)O)S(=O)(=O)c1ccccc1. The Morgan fingerprint density at radius 1 is 1.12 bits per heavy atom. The van der Waals surface area contributed by atoms with Crippen molar-refractivity contribution in [2.24, 2.45) is 0 Å². The lowest BCUT2D eigenvalue weighted by molar-refractivity contribution is 0.170. The number of nitriles is 1. The maximum absolute atomic E-state index is 12.6. The van der Waals surface area contributed by atoms with E-state index in [1.165, 1.54) is 36.4 Å². The first-order chi connectivity index (χ1) is 12.1. The molecule has 0 aromatic heterocycles. The predicted molar refractivity (Wildman–Crippen MR) is 91.5 cm³/mol. The van der Waals surface area contributed by atoms with E-state index in [1.54, 1.807) is 12.1 Å². The molecular formula is C16H14N2O6S2. The quantitative estimate of drug-likeness (QED) is 0.818. The van der Waals surface area contributed by atoms with Crippen LogP contribution in [-0.2, 0) is 26.4 Å². The fourth-order valence-electron chi connectivity index (χ4n) is 2.23. The number of amides is 1. The predicted octanol–water partition coefficient (Wildman–Crippen LogP) is 1.83. The van der Waals surface area contributed by atoms with E-state index < -0.39 is 32.5 Å². The molecule has 2 rings (SSSR count). The van der Waals surface area contributed by atoms with Crippen LogP contribution in [-0.4, -0.2) is 38.6 Å². The molecular weight excluding hydrogens is 380 g/mol. The Morgan fingerprint density at radius 2 is 1.73 bits per heavy atom. The van der Waals surface area contributed by atoms with Crippen molar-refractivity contribution < 1.29 is 26.7 Å². The van der Waals surface area contributed by atoms with Crippen LogP contribution in [0.1, 0.15) is 11.1 Å². The smallest absolute Gasteiger partial charge is 0.421 e. The van der Waals surface area contributed by atoms with Gasteiger partial charge in [0.2, 0.25) is 0 Å². The van der Waals surface area contributed by atoms with Crippen LogP contribution in [0.15, 0.2) is 58.3 Å². The van der Waals surface area contributed by atoms with Crippen LogP contribution in [0.3, 0.4) is 0 Å². The average molecular weight is 394 g/mol.